The second-order valence-corrected chi connectivity index (χ2v) is 7.25. The summed E-state index contributed by atoms with van der Waals surface area (Å²) in [4.78, 5) is 24.8. The van der Waals surface area contributed by atoms with E-state index in [4.69, 9.17) is 21.2 Å². The number of anilines is 2. The zero-order valence-corrected chi connectivity index (χ0v) is 17.4. The van der Waals surface area contributed by atoms with Gasteiger partial charge in [0.1, 0.15) is 17.2 Å². The molecular formula is C21H26N8O2. The van der Waals surface area contributed by atoms with Gasteiger partial charge in [-0.05, 0) is 25.0 Å². The third-order valence-corrected chi connectivity index (χ3v) is 5.13. The number of imidazole rings is 1. The number of aryl methyl sites for hydroxylation is 1. The summed E-state index contributed by atoms with van der Waals surface area (Å²) >= 11 is 0. The van der Waals surface area contributed by atoms with Crippen LogP contribution in [0, 0.1) is 0 Å². The molecule has 0 saturated heterocycles. The maximum Gasteiger partial charge on any atom is 0.367 e. The van der Waals surface area contributed by atoms with Crippen molar-refractivity contribution in [1.29, 1.82) is 0 Å². The number of aromatic nitrogens is 5. The van der Waals surface area contributed by atoms with Crippen molar-refractivity contribution in [3.8, 4) is 0 Å². The Balaban J connectivity index is 1.54. The number of nitrogens with one attached hydrogen (secondary N) is 1. The molecule has 0 saturated carbocycles. The third kappa shape index (κ3) is 4.29. The predicted molar refractivity (Wildman–Crippen MR) is 121 cm³/mol. The molecule has 10 nitrogen and oxygen atoms in total. The fourth-order valence-corrected chi connectivity index (χ4v) is 3.66. The van der Waals surface area contributed by atoms with Gasteiger partial charge in [-0.15, -0.1) is 0 Å². The number of methoxy groups -OCH3 is 1. The second kappa shape index (κ2) is 9.00. The van der Waals surface area contributed by atoms with Gasteiger partial charge in [-0.1, -0.05) is 18.2 Å². The Kier molecular flexibility index (Phi) is 5.99. The molecule has 0 unspecified atom stereocenters. The van der Waals surface area contributed by atoms with Crippen LogP contribution in [-0.4, -0.2) is 44.5 Å². The van der Waals surface area contributed by atoms with E-state index < -0.39 is 5.69 Å². The Hall–Kier alpha value is -3.66. The molecule has 0 amide bonds. The molecule has 0 bridgehead atoms. The number of benzene rings is 1. The van der Waals surface area contributed by atoms with Crippen LogP contribution in [0.25, 0.3) is 21.9 Å². The number of ether oxygens (including phenoxy) is 1. The van der Waals surface area contributed by atoms with E-state index in [2.05, 4.69) is 20.0 Å². The number of hydrogen-bond acceptors (Lipinski definition) is 8. The highest BCUT2D eigenvalue weighted by Gasteiger charge is 2.16. The molecule has 0 fully saturated rings. The first-order chi connectivity index (χ1) is 15.1. The number of unbranched alkanes of at least 4 members (excludes halogenated alkanes) is 1. The lowest BCUT2D eigenvalue weighted by Gasteiger charge is -2.12. The summed E-state index contributed by atoms with van der Waals surface area (Å²) in [5.74, 6) is 1.57. The summed E-state index contributed by atoms with van der Waals surface area (Å²) in [6.45, 7) is 1.96. The van der Waals surface area contributed by atoms with Crippen LogP contribution >= 0.6 is 0 Å². The van der Waals surface area contributed by atoms with Crippen molar-refractivity contribution < 1.29 is 4.74 Å². The largest absolute Gasteiger partial charge is 0.384 e. The molecule has 5 N–H and O–H groups in total. The van der Waals surface area contributed by atoms with E-state index >= 15 is 0 Å². The Labute approximate surface area is 178 Å². The molecule has 0 aliphatic rings. The van der Waals surface area contributed by atoms with Crippen molar-refractivity contribution in [3.63, 3.8) is 0 Å². The number of nitrogen functional groups attached to an aromatic ring is 2. The first-order valence-corrected chi connectivity index (χ1v) is 10.2. The molecule has 0 spiro atoms. The number of hydrogen-bond donors (Lipinski definition) is 3. The molecule has 4 rings (SSSR count). The van der Waals surface area contributed by atoms with Crippen LogP contribution in [0.3, 0.4) is 0 Å². The number of nitrogens with two attached hydrogens (primary N) is 2. The Morgan fingerprint density at radius 2 is 1.94 bits per heavy atom. The highest BCUT2D eigenvalue weighted by Crippen LogP contribution is 2.29. The topological polar surface area (TPSA) is 139 Å². The fourth-order valence-electron chi connectivity index (χ4n) is 3.66. The van der Waals surface area contributed by atoms with Gasteiger partial charge in [0.05, 0.1) is 17.6 Å². The summed E-state index contributed by atoms with van der Waals surface area (Å²) < 4.78 is 8.82. The quantitative estimate of drug-likeness (QED) is 0.345. The Morgan fingerprint density at radius 1 is 1.10 bits per heavy atom. The van der Waals surface area contributed by atoms with Gasteiger partial charge < -0.3 is 26.2 Å². The molecule has 3 aromatic heterocycles. The molecule has 0 radical (unpaired) electrons. The Morgan fingerprint density at radius 3 is 2.74 bits per heavy atom. The summed E-state index contributed by atoms with van der Waals surface area (Å²) in [7, 11) is 1.68. The third-order valence-electron chi connectivity index (χ3n) is 5.13. The van der Waals surface area contributed by atoms with E-state index in [0.29, 0.717) is 25.4 Å². The van der Waals surface area contributed by atoms with Crippen molar-refractivity contribution in [2.45, 2.75) is 25.8 Å². The summed E-state index contributed by atoms with van der Waals surface area (Å²) in [6, 6.07) is 9.53. The molecule has 0 aliphatic carbocycles. The van der Waals surface area contributed by atoms with Crippen molar-refractivity contribution in [2.75, 3.05) is 37.2 Å². The predicted octanol–water partition coefficient (Wildman–Crippen LogP) is 1.52. The average molecular weight is 422 g/mol. The molecule has 0 aliphatic heterocycles. The summed E-state index contributed by atoms with van der Waals surface area (Å²) in [5.41, 5.74) is 17.0. The zero-order valence-electron chi connectivity index (χ0n) is 17.4. The van der Waals surface area contributed by atoms with Gasteiger partial charge in [-0.25, -0.2) is 19.4 Å². The minimum absolute atomic E-state index is 0.208. The van der Waals surface area contributed by atoms with Crippen molar-refractivity contribution in [1.82, 2.24) is 24.2 Å². The van der Waals surface area contributed by atoms with E-state index in [0.717, 1.165) is 47.1 Å². The summed E-state index contributed by atoms with van der Waals surface area (Å²) in [6.07, 6.45) is 3.99. The smallest absolute Gasteiger partial charge is 0.367 e. The maximum absolute atomic E-state index is 11.8. The lowest BCUT2D eigenvalue weighted by atomic mass is 10.2. The standard InChI is InChI=1S/C21H26N8O2/c1-31-13-9-17-27-18-19(14-6-2-3-7-15(14)25-20(18)23)28(17)11-5-4-10-24-29-12-8-16(22)26-21(29)30/h2-3,6-8,12,24H,4-5,9-11,13H2,1H3,(H2,23,25)(H2,22,26,30). The maximum atomic E-state index is 11.8. The number of para-hydroxylation sites is 1. The molecule has 4 aromatic rings. The first kappa shape index (κ1) is 20.6. The van der Waals surface area contributed by atoms with E-state index in [-0.39, 0.29) is 5.82 Å². The number of pyridine rings is 1. The van der Waals surface area contributed by atoms with Gasteiger partial charge in [0.25, 0.3) is 0 Å². The van der Waals surface area contributed by atoms with Crippen LogP contribution in [0.2, 0.25) is 0 Å². The molecule has 0 atom stereocenters. The highest BCUT2D eigenvalue weighted by atomic mass is 16.5. The average Bonchev–Trinajstić information content (AvgIpc) is 3.13. The van der Waals surface area contributed by atoms with E-state index in [9.17, 15) is 4.79 Å². The van der Waals surface area contributed by atoms with Gasteiger partial charge in [-0.2, -0.15) is 4.98 Å². The molecule has 162 valence electrons. The van der Waals surface area contributed by atoms with Crippen molar-refractivity contribution in [2.24, 2.45) is 0 Å². The number of nitrogens with zero attached hydrogens (tertiary/aromatic N) is 5. The minimum Gasteiger partial charge on any atom is -0.384 e. The van der Waals surface area contributed by atoms with Crippen LogP contribution < -0.4 is 22.6 Å². The van der Waals surface area contributed by atoms with Gasteiger partial charge >= 0.3 is 5.69 Å². The molecule has 1 aromatic carbocycles. The summed E-state index contributed by atoms with van der Waals surface area (Å²) in [5, 5.41) is 1.03. The van der Waals surface area contributed by atoms with Crippen LogP contribution in [-0.2, 0) is 17.7 Å². The zero-order chi connectivity index (χ0) is 21.8. The molecule has 3 heterocycles. The van der Waals surface area contributed by atoms with Crippen LogP contribution in [0.1, 0.15) is 18.7 Å². The monoisotopic (exact) mass is 422 g/mol. The van der Waals surface area contributed by atoms with Crippen molar-refractivity contribution >= 4 is 33.6 Å². The van der Waals surface area contributed by atoms with E-state index in [1.165, 1.54) is 4.68 Å². The van der Waals surface area contributed by atoms with Gasteiger partial charge in [0, 0.05) is 38.2 Å². The van der Waals surface area contributed by atoms with E-state index in [1.54, 1.807) is 19.4 Å². The number of fused-ring (bicyclic) bond motifs is 3. The van der Waals surface area contributed by atoms with Gasteiger partial charge in [0.2, 0.25) is 0 Å². The van der Waals surface area contributed by atoms with Gasteiger partial charge in [-0.3, -0.25) is 0 Å². The fraction of sp³-hybridized carbons (Fsp3) is 0.333. The highest BCUT2D eigenvalue weighted by molar-refractivity contribution is 6.06. The SMILES string of the molecule is COCCc1nc2c(N)nc3ccccc3c2n1CCCCNn1ccc(N)nc1=O. The minimum atomic E-state index is -0.420. The van der Waals surface area contributed by atoms with Crippen LogP contribution in [0.5, 0.6) is 0 Å². The normalized spacial score (nSPS) is 11.4. The number of rotatable bonds is 9. The first-order valence-electron chi connectivity index (χ1n) is 10.2. The van der Waals surface area contributed by atoms with Crippen LogP contribution in [0.4, 0.5) is 11.6 Å². The second-order valence-electron chi connectivity index (χ2n) is 7.25. The Bertz CT molecular complexity index is 1260. The lowest BCUT2D eigenvalue weighted by Crippen LogP contribution is -2.31. The molecule has 31 heavy (non-hydrogen) atoms. The van der Waals surface area contributed by atoms with E-state index in [1.807, 2.05) is 24.3 Å². The van der Waals surface area contributed by atoms with Crippen molar-refractivity contribution in [3.05, 3.63) is 52.8 Å². The van der Waals surface area contributed by atoms with Gasteiger partial charge in [0.15, 0.2) is 5.82 Å². The van der Waals surface area contributed by atoms with Crippen LogP contribution in [0.15, 0.2) is 41.3 Å². The lowest BCUT2D eigenvalue weighted by molar-refractivity contribution is 0.199. The molecule has 10 heteroatoms. The molecular weight excluding hydrogens is 396 g/mol.